The molecule has 1 aromatic rings. The van der Waals surface area contributed by atoms with Crippen LogP contribution in [0.15, 0.2) is 30.3 Å². The summed E-state index contributed by atoms with van der Waals surface area (Å²) < 4.78 is 0. The Bertz CT molecular complexity index is 284. The van der Waals surface area contributed by atoms with E-state index >= 15 is 0 Å². The highest BCUT2D eigenvalue weighted by atomic mass is 32.2. The Morgan fingerprint density at radius 1 is 1.19 bits per heavy atom. The van der Waals surface area contributed by atoms with Crippen LogP contribution in [0.5, 0.6) is 0 Å². The minimum absolute atomic E-state index is 0.457. The van der Waals surface area contributed by atoms with Crippen molar-refractivity contribution in [3.05, 3.63) is 35.9 Å². The number of benzene rings is 1. The van der Waals surface area contributed by atoms with Gasteiger partial charge in [0.2, 0.25) is 0 Å². The SMILES string of the molecule is CCC(SC(C)C)C(NC)c1ccccc1. The molecule has 1 aromatic carbocycles. The minimum atomic E-state index is 0.457. The van der Waals surface area contributed by atoms with Crippen molar-refractivity contribution in [2.75, 3.05) is 7.05 Å². The van der Waals surface area contributed by atoms with Crippen LogP contribution >= 0.6 is 11.8 Å². The predicted octanol–water partition coefficient (Wildman–Crippen LogP) is 3.87. The molecule has 0 saturated carbocycles. The maximum atomic E-state index is 3.45. The van der Waals surface area contributed by atoms with Crippen molar-refractivity contribution in [3.8, 4) is 0 Å². The lowest BCUT2D eigenvalue weighted by molar-refractivity contribution is 0.554. The summed E-state index contributed by atoms with van der Waals surface area (Å²) in [6.45, 7) is 6.81. The lowest BCUT2D eigenvalue weighted by Gasteiger charge is -2.27. The van der Waals surface area contributed by atoms with E-state index in [2.05, 4.69) is 75.2 Å². The fourth-order valence-corrected chi connectivity index (χ4v) is 3.33. The number of nitrogens with one attached hydrogen (secondary N) is 1. The molecule has 0 aromatic heterocycles. The van der Waals surface area contributed by atoms with Gasteiger partial charge in [0.15, 0.2) is 0 Å². The lowest BCUT2D eigenvalue weighted by atomic mass is 10.0. The highest BCUT2D eigenvalue weighted by Gasteiger charge is 2.21. The monoisotopic (exact) mass is 237 g/mol. The first-order valence-corrected chi connectivity index (χ1v) is 7.01. The number of hydrogen-bond acceptors (Lipinski definition) is 2. The second-order valence-electron chi connectivity index (χ2n) is 4.31. The molecule has 0 aliphatic heterocycles. The Morgan fingerprint density at radius 3 is 2.25 bits per heavy atom. The van der Waals surface area contributed by atoms with Crippen LogP contribution in [0.3, 0.4) is 0 Å². The van der Waals surface area contributed by atoms with Crippen LogP contribution in [0.4, 0.5) is 0 Å². The smallest absolute Gasteiger partial charge is 0.0438 e. The summed E-state index contributed by atoms with van der Waals surface area (Å²) in [4.78, 5) is 0. The Balaban J connectivity index is 2.79. The largest absolute Gasteiger partial charge is 0.312 e. The van der Waals surface area contributed by atoms with Crippen molar-refractivity contribution in [1.82, 2.24) is 5.32 Å². The van der Waals surface area contributed by atoms with Gasteiger partial charge in [0, 0.05) is 11.3 Å². The average molecular weight is 237 g/mol. The second kappa shape index (κ2) is 6.97. The summed E-state index contributed by atoms with van der Waals surface area (Å²) >= 11 is 2.06. The third kappa shape index (κ3) is 3.84. The highest BCUT2D eigenvalue weighted by molar-refractivity contribution is 8.00. The molecule has 0 saturated heterocycles. The number of thioether (sulfide) groups is 1. The van der Waals surface area contributed by atoms with Crippen LogP contribution in [-0.4, -0.2) is 17.5 Å². The normalized spacial score (nSPS) is 15.1. The summed E-state index contributed by atoms with van der Waals surface area (Å²) in [6.07, 6.45) is 1.20. The molecule has 0 spiro atoms. The van der Waals surface area contributed by atoms with E-state index in [1.165, 1.54) is 12.0 Å². The molecule has 0 amide bonds. The first-order chi connectivity index (χ1) is 7.69. The number of rotatable bonds is 6. The van der Waals surface area contributed by atoms with Crippen LogP contribution in [0.25, 0.3) is 0 Å². The summed E-state index contributed by atoms with van der Waals surface area (Å²) in [5.41, 5.74) is 1.39. The first kappa shape index (κ1) is 13.6. The fraction of sp³-hybridized carbons (Fsp3) is 0.571. The maximum Gasteiger partial charge on any atom is 0.0438 e. The van der Waals surface area contributed by atoms with Crippen molar-refractivity contribution in [2.45, 2.75) is 43.7 Å². The zero-order chi connectivity index (χ0) is 12.0. The zero-order valence-electron chi connectivity index (χ0n) is 10.7. The van der Waals surface area contributed by atoms with E-state index in [9.17, 15) is 0 Å². The molecular weight excluding hydrogens is 214 g/mol. The van der Waals surface area contributed by atoms with Gasteiger partial charge in [0.1, 0.15) is 0 Å². The van der Waals surface area contributed by atoms with E-state index in [-0.39, 0.29) is 0 Å². The molecule has 1 rings (SSSR count). The van der Waals surface area contributed by atoms with Crippen molar-refractivity contribution >= 4 is 11.8 Å². The van der Waals surface area contributed by atoms with Gasteiger partial charge in [0.25, 0.3) is 0 Å². The van der Waals surface area contributed by atoms with E-state index in [0.717, 1.165) is 0 Å². The standard InChI is InChI=1S/C14H23NS/c1-5-13(16-11(2)3)14(15-4)12-9-7-6-8-10-12/h6-11,13-15H,5H2,1-4H3. The van der Waals surface area contributed by atoms with E-state index in [0.29, 0.717) is 16.5 Å². The molecule has 0 heterocycles. The third-order valence-electron chi connectivity index (χ3n) is 2.69. The Hall–Kier alpha value is -0.470. The minimum Gasteiger partial charge on any atom is -0.312 e. The van der Waals surface area contributed by atoms with Gasteiger partial charge in [-0.25, -0.2) is 0 Å². The van der Waals surface area contributed by atoms with Crippen LogP contribution in [0.1, 0.15) is 38.8 Å². The zero-order valence-corrected chi connectivity index (χ0v) is 11.6. The summed E-state index contributed by atoms with van der Waals surface area (Å²) in [6, 6.07) is 11.2. The Labute approximate surface area is 104 Å². The molecule has 0 aliphatic rings. The van der Waals surface area contributed by atoms with Gasteiger partial charge in [-0.05, 0) is 24.3 Å². The molecule has 1 N–H and O–H groups in total. The van der Waals surface area contributed by atoms with E-state index < -0.39 is 0 Å². The van der Waals surface area contributed by atoms with Gasteiger partial charge in [-0.1, -0.05) is 51.1 Å². The van der Waals surface area contributed by atoms with Gasteiger partial charge in [0.05, 0.1) is 0 Å². The van der Waals surface area contributed by atoms with Crippen LogP contribution in [0, 0.1) is 0 Å². The molecule has 1 nitrogen and oxygen atoms in total. The summed E-state index contributed by atoms with van der Waals surface area (Å²) in [5, 5.41) is 4.78. The van der Waals surface area contributed by atoms with Crippen molar-refractivity contribution < 1.29 is 0 Å². The van der Waals surface area contributed by atoms with Crippen LogP contribution in [-0.2, 0) is 0 Å². The topological polar surface area (TPSA) is 12.0 Å². The third-order valence-corrected chi connectivity index (χ3v) is 4.19. The van der Waals surface area contributed by atoms with Gasteiger partial charge >= 0.3 is 0 Å². The van der Waals surface area contributed by atoms with Crippen LogP contribution in [0.2, 0.25) is 0 Å². The quantitative estimate of drug-likeness (QED) is 0.806. The van der Waals surface area contributed by atoms with E-state index in [1.807, 2.05) is 0 Å². The second-order valence-corrected chi connectivity index (χ2v) is 6.13. The Kier molecular flexibility index (Phi) is 5.93. The maximum absolute atomic E-state index is 3.45. The first-order valence-electron chi connectivity index (χ1n) is 6.06. The lowest BCUT2D eigenvalue weighted by Crippen LogP contribution is -2.27. The molecular formula is C14H23NS. The summed E-state index contributed by atoms with van der Waals surface area (Å²) in [7, 11) is 2.06. The average Bonchev–Trinajstić information content (AvgIpc) is 2.29. The molecule has 2 unspecified atom stereocenters. The molecule has 0 radical (unpaired) electrons. The Morgan fingerprint density at radius 2 is 1.81 bits per heavy atom. The van der Waals surface area contributed by atoms with Gasteiger partial charge < -0.3 is 5.32 Å². The van der Waals surface area contributed by atoms with E-state index in [4.69, 9.17) is 0 Å². The predicted molar refractivity (Wildman–Crippen MR) is 75.0 cm³/mol. The summed E-state index contributed by atoms with van der Waals surface area (Å²) in [5.74, 6) is 0. The number of hydrogen-bond donors (Lipinski definition) is 1. The van der Waals surface area contributed by atoms with E-state index in [1.54, 1.807) is 0 Å². The molecule has 2 heteroatoms. The molecule has 2 atom stereocenters. The molecule has 0 aliphatic carbocycles. The fourth-order valence-electron chi connectivity index (χ4n) is 1.99. The van der Waals surface area contributed by atoms with Gasteiger partial charge in [-0.3, -0.25) is 0 Å². The molecule has 0 bridgehead atoms. The molecule has 16 heavy (non-hydrogen) atoms. The highest BCUT2D eigenvalue weighted by Crippen LogP contribution is 2.31. The van der Waals surface area contributed by atoms with Gasteiger partial charge in [-0.15, -0.1) is 0 Å². The van der Waals surface area contributed by atoms with Crippen molar-refractivity contribution in [1.29, 1.82) is 0 Å². The molecule has 0 fully saturated rings. The molecule has 90 valence electrons. The van der Waals surface area contributed by atoms with Gasteiger partial charge in [-0.2, -0.15) is 11.8 Å². The van der Waals surface area contributed by atoms with Crippen molar-refractivity contribution in [2.24, 2.45) is 0 Å². The van der Waals surface area contributed by atoms with Crippen LogP contribution < -0.4 is 5.32 Å². The van der Waals surface area contributed by atoms with Crippen molar-refractivity contribution in [3.63, 3.8) is 0 Å².